The molecule has 0 fully saturated rings. The molecule has 6 nitrogen and oxygen atoms in total. The molecule has 0 radical (unpaired) electrons. The van der Waals surface area contributed by atoms with Crippen LogP contribution in [-0.4, -0.2) is 35.1 Å². The molecule has 1 heterocycles. The molecule has 4 N–H and O–H groups in total. The highest BCUT2D eigenvalue weighted by Gasteiger charge is 2.15. The number of amides is 1. The number of rotatable bonds is 5. The maximum absolute atomic E-state index is 11.7. The van der Waals surface area contributed by atoms with Gasteiger partial charge in [-0.2, -0.15) is 4.37 Å². The lowest BCUT2D eigenvalue weighted by atomic mass is 10.1. The third-order valence-corrected chi connectivity index (χ3v) is 3.28. The topological polar surface area (TPSA) is 97.5 Å². The number of hydrogen-bond donors (Lipinski definition) is 3. The maximum atomic E-state index is 11.7. The van der Waals surface area contributed by atoms with Gasteiger partial charge in [-0.15, -0.1) is 0 Å². The van der Waals surface area contributed by atoms with Crippen molar-refractivity contribution in [2.45, 2.75) is 6.04 Å². The van der Waals surface area contributed by atoms with Crippen LogP contribution in [-0.2, 0) is 4.79 Å². The van der Waals surface area contributed by atoms with E-state index in [1.165, 1.54) is 18.6 Å². The third kappa shape index (κ3) is 3.13. The molecular formula is C13H15N3O3S. The summed E-state index contributed by atoms with van der Waals surface area (Å²) in [6, 6.07) is 6.28. The van der Waals surface area contributed by atoms with Crippen LogP contribution in [0.5, 0.6) is 5.75 Å². The monoisotopic (exact) mass is 293 g/mol. The van der Waals surface area contributed by atoms with Crippen molar-refractivity contribution in [3.63, 3.8) is 0 Å². The van der Waals surface area contributed by atoms with Crippen LogP contribution in [0.4, 0.5) is 5.69 Å². The van der Waals surface area contributed by atoms with Gasteiger partial charge in [-0.1, -0.05) is 0 Å². The van der Waals surface area contributed by atoms with Crippen molar-refractivity contribution >= 4 is 23.1 Å². The van der Waals surface area contributed by atoms with Gasteiger partial charge in [0.15, 0.2) is 0 Å². The first-order valence-corrected chi connectivity index (χ1v) is 6.75. The Morgan fingerprint density at radius 3 is 2.95 bits per heavy atom. The fourth-order valence-corrected chi connectivity index (χ4v) is 2.17. The molecule has 2 rings (SSSR count). The van der Waals surface area contributed by atoms with Gasteiger partial charge in [0.2, 0.25) is 5.91 Å². The molecule has 0 aliphatic heterocycles. The molecule has 7 heteroatoms. The fourth-order valence-electron chi connectivity index (χ4n) is 1.63. The molecule has 0 saturated carbocycles. The Bertz CT molecular complexity index is 587. The van der Waals surface area contributed by atoms with Gasteiger partial charge in [0.25, 0.3) is 0 Å². The number of ether oxygens (including phenoxy) is 1. The number of carbonyl (C=O) groups is 1. The van der Waals surface area contributed by atoms with Gasteiger partial charge in [0.05, 0.1) is 25.1 Å². The summed E-state index contributed by atoms with van der Waals surface area (Å²) in [6.45, 7) is -0.417. The minimum atomic E-state index is -0.970. The molecule has 106 valence electrons. The number of aliphatic hydroxyl groups is 1. The van der Waals surface area contributed by atoms with Crippen molar-refractivity contribution in [1.82, 2.24) is 4.37 Å². The first-order chi connectivity index (χ1) is 9.65. The molecule has 0 aliphatic carbocycles. The summed E-state index contributed by atoms with van der Waals surface area (Å²) in [4.78, 5) is 11.7. The highest BCUT2D eigenvalue weighted by molar-refractivity contribution is 7.03. The summed E-state index contributed by atoms with van der Waals surface area (Å²) >= 11 is 1.35. The van der Waals surface area contributed by atoms with Crippen molar-refractivity contribution < 1.29 is 14.6 Å². The fraction of sp³-hybridized carbons (Fsp3) is 0.231. The molecule has 2 aromatic rings. The number of hydrogen-bond acceptors (Lipinski definition) is 6. The number of carbonyl (C=O) groups excluding carboxylic acids is 1. The first kappa shape index (κ1) is 14.4. The van der Waals surface area contributed by atoms with Crippen LogP contribution in [0.3, 0.4) is 0 Å². The van der Waals surface area contributed by atoms with Gasteiger partial charge >= 0.3 is 0 Å². The highest BCUT2D eigenvalue weighted by Crippen LogP contribution is 2.30. The zero-order valence-corrected chi connectivity index (χ0v) is 11.7. The number of nitrogens with two attached hydrogens (primary N) is 1. The van der Waals surface area contributed by atoms with Crippen LogP contribution in [0.1, 0.15) is 0 Å². The summed E-state index contributed by atoms with van der Waals surface area (Å²) in [5.74, 6) is 0.0451. The van der Waals surface area contributed by atoms with Gasteiger partial charge in [-0.25, -0.2) is 0 Å². The standard InChI is InChI=1S/C13H15N3O3S/c1-19-12-3-2-8(10-4-5-20-16-10)6-11(12)15-13(18)9(14)7-17/h2-6,9,17H,7,14H2,1H3,(H,15,18)/t9-/m0/s1. The lowest BCUT2D eigenvalue weighted by Crippen LogP contribution is -2.38. The predicted octanol–water partition coefficient (Wildman–Crippen LogP) is 1.08. The van der Waals surface area contributed by atoms with E-state index in [9.17, 15) is 4.79 Å². The van der Waals surface area contributed by atoms with Crippen molar-refractivity contribution in [1.29, 1.82) is 0 Å². The van der Waals surface area contributed by atoms with E-state index in [0.29, 0.717) is 11.4 Å². The quantitative estimate of drug-likeness (QED) is 0.766. The van der Waals surface area contributed by atoms with Gasteiger partial charge in [0.1, 0.15) is 11.8 Å². The normalized spacial score (nSPS) is 11.9. The molecule has 0 bridgehead atoms. The maximum Gasteiger partial charge on any atom is 0.243 e. The Morgan fingerprint density at radius 1 is 1.55 bits per heavy atom. The lowest BCUT2D eigenvalue weighted by Gasteiger charge is -2.13. The van der Waals surface area contributed by atoms with E-state index in [1.54, 1.807) is 12.1 Å². The Hall–Kier alpha value is -1.96. The predicted molar refractivity (Wildman–Crippen MR) is 77.8 cm³/mol. The molecule has 0 spiro atoms. The number of aliphatic hydroxyl groups excluding tert-OH is 1. The Balaban J connectivity index is 2.30. The summed E-state index contributed by atoms with van der Waals surface area (Å²) in [5, 5.41) is 13.4. The van der Waals surface area contributed by atoms with Crippen LogP contribution in [0.25, 0.3) is 11.3 Å². The molecule has 1 aromatic carbocycles. The lowest BCUT2D eigenvalue weighted by molar-refractivity contribution is -0.118. The van der Waals surface area contributed by atoms with E-state index >= 15 is 0 Å². The summed E-state index contributed by atoms with van der Waals surface area (Å²) in [6.07, 6.45) is 0. The van der Waals surface area contributed by atoms with Gasteiger partial charge < -0.3 is 20.9 Å². The minimum absolute atomic E-state index is 0.417. The molecule has 1 atom stereocenters. The zero-order chi connectivity index (χ0) is 14.5. The number of anilines is 1. The molecular weight excluding hydrogens is 278 g/mol. The van der Waals surface area contributed by atoms with Crippen LogP contribution in [0, 0.1) is 0 Å². The van der Waals surface area contributed by atoms with E-state index in [4.69, 9.17) is 15.6 Å². The molecule has 1 amide bonds. The van der Waals surface area contributed by atoms with Gasteiger partial charge in [-0.3, -0.25) is 4.79 Å². The van der Waals surface area contributed by atoms with Crippen LogP contribution < -0.4 is 15.8 Å². The SMILES string of the molecule is COc1ccc(-c2ccsn2)cc1NC(=O)[C@@H](N)CO. The number of nitrogens with zero attached hydrogens (tertiary/aromatic N) is 1. The van der Waals surface area contributed by atoms with E-state index in [2.05, 4.69) is 9.69 Å². The number of benzene rings is 1. The molecule has 20 heavy (non-hydrogen) atoms. The average Bonchev–Trinajstić information content (AvgIpc) is 3.00. The Kier molecular flexibility index (Phi) is 4.67. The molecule has 0 unspecified atom stereocenters. The highest BCUT2D eigenvalue weighted by atomic mass is 32.1. The second-order valence-electron chi connectivity index (χ2n) is 4.08. The van der Waals surface area contributed by atoms with Crippen molar-refractivity contribution in [2.75, 3.05) is 19.0 Å². The van der Waals surface area contributed by atoms with E-state index in [0.717, 1.165) is 11.3 Å². The largest absolute Gasteiger partial charge is 0.495 e. The number of nitrogens with one attached hydrogen (secondary N) is 1. The Labute approximate surface area is 120 Å². The zero-order valence-electron chi connectivity index (χ0n) is 10.9. The van der Waals surface area contributed by atoms with Crippen LogP contribution >= 0.6 is 11.5 Å². The third-order valence-electron chi connectivity index (χ3n) is 2.72. The molecule has 0 aliphatic rings. The van der Waals surface area contributed by atoms with Crippen molar-refractivity contribution in [3.8, 4) is 17.0 Å². The number of methoxy groups -OCH3 is 1. The first-order valence-electron chi connectivity index (χ1n) is 5.91. The van der Waals surface area contributed by atoms with Gasteiger partial charge in [0, 0.05) is 10.9 Å². The minimum Gasteiger partial charge on any atom is -0.495 e. The van der Waals surface area contributed by atoms with Crippen LogP contribution in [0.2, 0.25) is 0 Å². The Morgan fingerprint density at radius 2 is 2.35 bits per heavy atom. The summed E-state index contributed by atoms with van der Waals surface area (Å²) in [5.41, 5.74) is 7.65. The summed E-state index contributed by atoms with van der Waals surface area (Å²) < 4.78 is 9.43. The van der Waals surface area contributed by atoms with E-state index < -0.39 is 18.6 Å². The second-order valence-corrected chi connectivity index (χ2v) is 4.74. The van der Waals surface area contributed by atoms with E-state index in [-0.39, 0.29) is 0 Å². The van der Waals surface area contributed by atoms with Gasteiger partial charge in [-0.05, 0) is 35.8 Å². The van der Waals surface area contributed by atoms with Crippen molar-refractivity contribution in [3.05, 3.63) is 29.6 Å². The van der Waals surface area contributed by atoms with E-state index in [1.807, 2.05) is 17.5 Å². The smallest absolute Gasteiger partial charge is 0.243 e. The second kappa shape index (κ2) is 6.47. The number of aromatic nitrogens is 1. The molecule has 0 saturated heterocycles. The van der Waals surface area contributed by atoms with Crippen molar-refractivity contribution in [2.24, 2.45) is 5.73 Å². The average molecular weight is 293 g/mol. The molecule has 1 aromatic heterocycles. The summed E-state index contributed by atoms with van der Waals surface area (Å²) in [7, 11) is 1.51. The van der Waals surface area contributed by atoms with Crippen LogP contribution in [0.15, 0.2) is 29.6 Å².